The summed E-state index contributed by atoms with van der Waals surface area (Å²) in [4.78, 5) is 12.3. The zero-order valence-corrected chi connectivity index (χ0v) is 17.9. The van der Waals surface area contributed by atoms with E-state index in [0.717, 1.165) is 21.7 Å². The molecule has 0 saturated heterocycles. The summed E-state index contributed by atoms with van der Waals surface area (Å²) < 4.78 is 10.5. The fraction of sp³-hybridized carbons (Fsp3) is 0.435. The van der Waals surface area contributed by atoms with Gasteiger partial charge in [0, 0.05) is 18.2 Å². The molecule has 0 heterocycles. The molecule has 0 saturated carbocycles. The normalized spacial score (nSPS) is 14.4. The molecular weight excluding hydrogens is 374 g/mol. The van der Waals surface area contributed by atoms with Gasteiger partial charge in [0.15, 0.2) is 0 Å². The van der Waals surface area contributed by atoms with Gasteiger partial charge in [-0.15, -0.1) is 0 Å². The molecule has 4 nitrogen and oxygen atoms in total. The fourth-order valence-corrected chi connectivity index (χ4v) is 3.68. The number of hydrogen-bond donors (Lipinski definition) is 1. The number of ether oxygens (including phenoxy) is 2. The van der Waals surface area contributed by atoms with Gasteiger partial charge in [-0.2, -0.15) is 0 Å². The number of rotatable bonds is 9. The van der Waals surface area contributed by atoms with Crippen molar-refractivity contribution in [2.75, 3.05) is 20.3 Å². The van der Waals surface area contributed by atoms with Gasteiger partial charge in [0.2, 0.25) is 0 Å². The molecule has 0 fully saturated rings. The van der Waals surface area contributed by atoms with Crippen molar-refractivity contribution in [1.29, 1.82) is 0 Å². The highest BCUT2D eigenvalue weighted by atomic mass is 35.5. The van der Waals surface area contributed by atoms with Crippen LogP contribution in [0.25, 0.3) is 11.1 Å². The highest BCUT2D eigenvalue weighted by molar-refractivity contribution is 6.30. The van der Waals surface area contributed by atoms with Gasteiger partial charge in [0.05, 0.1) is 18.6 Å². The number of esters is 1. The van der Waals surface area contributed by atoms with Crippen molar-refractivity contribution in [3.8, 4) is 11.1 Å². The highest BCUT2D eigenvalue weighted by Crippen LogP contribution is 2.29. The Morgan fingerprint density at radius 2 is 1.89 bits per heavy atom. The minimum atomic E-state index is -0.748. The van der Waals surface area contributed by atoms with Gasteiger partial charge in [0.25, 0.3) is 0 Å². The first-order chi connectivity index (χ1) is 13.3. The lowest BCUT2D eigenvalue weighted by atomic mass is 9.82. The standard InChI is InChI=1S/C23H30ClNO3/c1-5-28-22(26)23(3,15-27-4)14-20(25)12-17-7-9-18(10-8-17)21-13-19(24)11-6-16(21)2/h6-11,13,20H,5,12,14-15,25H2,1-4H3/t20-,23+/m1/s1. The Kier molecular flexibility index (Phi) is 8.05. The molecule has 0 unspecified atom stereocenters. The average molecular weight is 404 g/mol. The Morgan fingerprint density at radius 1 is 1.21 bits per heavy atom. The predicted molar refractivity (Wildman–Crippen MR) is 115 cm³/mol. The Hall–Kier alpha value is -1.88. The zero-order valence-electron chi connectivity index (χ0n) is 17.1. The number of benzene rings is 2. The van der Waals surface area contributed by atoms with Crippen LogP contribution >= 0.6 is 11.6 Å². The summed E-state index contributed by atoms with van der Waals surface area (Å²) in [6, 6.07) is 14.0. The molecule has 0 aromatic heterocycles. The van der Waals surface area contributed by atoms with Crippen LogP contribution in [0.4, 0.5) is 0 Å². The molecular formula is C23H30ClNO3. The van der Waals surface area contributed by atoms with Crippen molar-refractivity contribution in [1.82, 2.24) is 0 Å². The summed E-state index contributed by atoms with van der Waals surface area (Å²) in [5, 5.41) is 0.725. The first-order valence-corrected chi connectivity index (χ1v) is 9.94. The van der Waals surface area contributed by atoms with Crippen LogP contribution in [0.3, 0.4) is 0 Å². The maximum absolute atomic E-state index is 12.3. The minimum Gasteiger partial charge on any atom is -0.466 e. The third-order valence-corrected chi connectivity index (χ3v) is 5.14. The van der Waals surface area contributed by atoms with E-state index in [-0.39, 0.29) is 18.6 Å². The molecule has 2 aromatic carbocycles. The Balaban J connectivity index is 2.08. The van der Waals surface area contributed by atoms with E-state index in [1.54, 1.807) is 14.0 Å². The third-order valence-electron chi connectivity index (χ3n) is 4.91. The topological polar surface area (TPSA) is 61.5 Å². The van der Waals surface area contributed by atoms with Gasteiger partial charge >= 0.3 is 5.97 Å². The number of methoxy groups -OCH3 is 1. The van der Waals surface area contributed by atoms with E-state index < -0.39 is 5.41 Å². The molecule has 0 amide bonds. The summed E-state index contributed by atoms with van der Waals surface area (Å²) in [6.07, 6.45) is 1.17. The van der Waals surface area contributed by atoms with Gasteiger partial charge in [-0.05, 0) is 68.0 Å². The second-order valence-electron chi connectivity index (χ2n) is 7.54. The second kappa shape index (κ2) is 10.1. The highest BCUT2D eigenvalue weighted by Gasteiger charge is 2.36. The second-order valence-corrected chi connectivity index (χ2v) is 7.98. The molecule has 2 N–H and O–H groups in total. The van der Waals surface area contributed by atoms with Crippen LogP contribution in [0.1, 0.15) is 31.4 Å². The maximum atomic E-state index is 12.3. The number of carbonyl (C=O) groups is 1. The Bertz CT molecular complexity index is 791. The van der Waals surface area contributed by atoms with Crippen LogP contribution in [-0.4, -0.2) is 32.3 Å². The van der Waals surface area contributed by atoms with Crippen molar-refractivity contribution >= 4 is 17.6 Å². The monoisotopic (exact) mass is 403 g/mol. The fourth-order valence-electron chi connectivity index (χ4n) is 3.50. The van der Waals surface area contributed by atoms with E-state index in [0.29, 0.717) is 19.4 Å². The lowest BCUT2D eigenvalue weighted by Crippen LogP contribution is -2.41. The lowest BCUT2D eigenvalue weighted by Gasteiger charge is -2.29. The van der Waals surface area contributed by atoms with Gasteiger partial charge in [-0.3, -0.25) is 4.79 Å². The molecule has 0 spiro atoms. The number of carbonyl (C=O) groups excluding carboxylic acids is 1. The summed E-state index contributed by atoms with van der Waals surface area (Å²) in [5.74, 6) is -0.265. The number of hydrogen-bond acceptors (Lipinski definition) is 4. The van der Waals surface area contributed by atoms with Gasteiger partial charge in [0.1, 0.15) is 0 Å². The number of aryl methyl sites for hydroxylation is 1. The van der Waals surface area contributed by atoms with Crippen molar-refractivity contribution in [2.45, 2.75) is 39.7 Å². The summed E-state index contributed by atoms with van der Waals surface area (Å²) in [6.45, 7) is 6.35. The van der Waals surface area contributed by atoms with E-state index in [2.05, 4.69) is 31.2 Å². The van der Waals surface area contributed by atoms with Crippen molar-refractivity contribution in [3.63, 3.8) is 0 Å². The van der Waals surface area contributed by atoms with E-state index >= 15 is 0 Å². The molecule has 0 aliphatic rings. The van der Waals surface area contributed by atoms with Crippen LogP contribution in [0.5, 0.6) is 0 Å². The molecule has 5 heteroatoms. The average Bonchev–Trinajstić information content (AvgIpc) is 2.64. The van der Waals surface area contributed by atoms with E-state index in [9.17, 15) is 4.79 Å². The summed E-state index contributed by atoms with van der Waals surface area (Å²) >= 11 is 6.14. The first-order valence-electron chi connectivity index (χ1n) is 9.56. The van der Waals surface area contributed by atoms with Crippen LogP contribution in [0.15, 0.2) is 42.5 Å². The molecule has 28 heavy (non-hydrogen) atoms. The Morgan fingerprint density at radius 3 is 2.50 bits per heavy atom. The number of nitrogens with two attached hydrogens (primary N) is 1. The first kappa shape index (κ1) is 22.4. The van der Waals surface area contributed by atoms with Crippen LogP contribution < -0.4 is 5.73 Å². The van der Waals surface area contributed by atoms with Crippen LogP contribution in [-0.2, 0) is 20.7 Å². The molecule has 2 aromatic rings. The predicted octanol–water partition coefficient (Wildman–Crippen LogP) is 4.79. The maximum Gasteiger partial charge on any atom is 0.314 e. The summed E-state index contributed by atoms with van der Waals surface area (Å²) in [7, 11) is 1.58. The SMILES string of the molecule is CCOC(=O)[C@](C)(COC)C[C@H](N)Cc1ccc(-c2cc(Cl)ccc2C)cc1. The van der Waals surface area contributed by atoms with E-state index in [1.807, 2.05) is 25.1 Å². The van der Waals surface area contributed by atoms with Gasteiger partial charge in [-0.25, -0.2) is 0 Å². The molecule has 2 rings (SSSR count). The number of halogens is 1. The quantitative estimate of drug-likeness (QED) is 0.611. The minimum absolute atomic E-state index is 0.177. The van der Waals surface area contributed by atoms with Crippen molar-refractivity contribution < 1.29 is 14.3 Å². The molecule has 0 radical (unpaired) electrons. The molecule has 152 valence electrons. The van der Waals surface area contributed by atoms with Gasteiger partial charge in [-0.1, -0.05) is 41.9 Å². The largest absolute Gasteiger partial charge is 0.466 e. The molecule has 0 bridgehead atoms. The lowest BCUT2D eigenvalue weighted by molar-refractivity contribution is -0.158. The van der Waals surface area contributed by atoms with E-state index in [1.165, 1.54) is 5.56 Å². The zero-order chi connectivity index (χ0) is 20.7. The third kappa shape index (κ3) is 5.81. The molecule has 0 aliphatic heterocycles. The van der Waals surface area contributed by atoms with Gasteiger partial charge < -0.3 is 15.2 Å². The summed E-state index contributed by atoms with van der Waals surface area (Å²) in [5.41, 5.74) is 10.2. The Labute approximate surface area is 173 Å². The van der Waals surface area contributed by atoms with Crippen molar-refractivity contribution in [2.24, 2.45) is 11.1 Å². The molecule has 2 atom stereocenters. The van der Waals surface area contributed by atoms with Crippen molar-refractivity contribution in [3.05, 3.63) is 58.6 Å². The van der Waals surface area contributed by atoms with E-state index in [4.69, 9.17) is 26.8 Å². The van der Waals surface area contributed by atoms with Crippen LogP contribution in [0.2, 0.25) is 5.02 Å². The molecule has 0 aliphatic carbocycles. The smallest absolute Gasteiger partial charge is 0.314 e. The van der Waals surface area contributed by atoms with Crippen LogP contribution in [0, 0.1) is 12.3 Å².